The number of amides is 2. The Labute approximate surface area is 250 Å². The largest absolute Gasteiger partial charge is 0.379 e. The van der Waals surface area contributed by atoms with E-state index in [0.717, 1.165) is 10.0 Å². The van der Waals surface area contributed by atoms with E-state index in [2.05, 4.69) is 37.2 Å². The van der Waals surface area contributed by atoms with Gasteiger partial charge < -0.3 is 27.0 Å². The Balaban J connectivity index is 1.82. The molecule has 0 fully saturated rings. The van der Waals surface area contributed by atoms with Gasteiger partial charge in [-0.2, -0.15) is 0 Å². The van der Waals surface area contributed by atoms with Crippen LogP contribution in [0.4, 0.5) is 21.5 Å². The maximum Gasteiger partial charge on any atom is 0.251 e. The van der Waals surface area contributed by atoms with Crippen LogP contribution in [0.2, 0.25) is 10.0 Å². The number of anilines is 3. The van der Waals surface area contributed by atoms with Gasteiger partial charge in [-0.1, -0.05) is 78.1 Å². The highest BCUT2D eigenvalue weighted by Gasteiger charge is 2.22. The fourth-order valence-electron chi connectivity index (χ4n) is 3.37. The molecule has 206 valence electrons. The molecule has 0 unspecified atom stereocenters. The van der Waals surface area contributed by atoms with E-state index >= 15 is 0 Å². The Kier molecular flexibility index (Phi) is 10.2. The summed E-state index contributed by atoms with van der Waals surface area (Å²) in [4.78, 5) is 24.1. The Morgan fingerprint density at radius 3 is 2.28 bits per heavy atom. The van der Waals surface area contributed by atoms with Gasteiger partial charge in [0.05, 0.1) is 32.7 Å². The molecular formula is C27H27BrCl2FN5O2S. The van der Waals surface area contributed by atoms with Crippen LogP contribution in [0.25, 0.3) is 0 Å². The van der Waals surface area contributed by atoms with Crippen LogP contribution in [-0.4, -0.2) is 16.9 Å². The molecule has 0 aliphatic heterocycles. The number of rotatable bonds is 8. The van der Waals surface area contributed by atoms with Crippen LogP contribution in [0.5, 0.6) is 0 Å². The number of halogens is 4. The lowest BCUT2D eigenvalue weighted by atomic mass is 9.95. The smallest absolute Gasteiger partial charge is 0.251 e. The van der Waals surface area contributed by atoms with E-state index in [1.807, 2.05) is 45.0 Å². The first kappa shape index (κ1) is 30.6. The average molecular weight is 655 g/mol. The second-order valence-corrected chi connectivity index (χ2v) is 11.7. The summed E-state index contributed by atoms with van der Waals surface area (Å²) in [5.41, 5.74) is 7.03. The SMILES string of the molecule is CC(C)(C)C(=O)NCc1ccc(Cl)c(NC(=S)Nc2cc(C(N)=O)c(F)cc2NCc2ccc(Br)cc2)c1Cl. The van der Waals surface area contributed by atoms with Gasteiger partial charge in [0.1, 0.15) is 5.82 Å². The molecule has 39 heavy (non-hydrogen) atoms. The van der Waals surface area contributed by atoms with E-state index in [-0.39, 0.29) is 28.2 Å². The molecule has 0 saturated heterocycles. The minimum Gasteiger partial charge on any atom is -0.379 e. The quantitative estimate of drug-likeness (QED) is 0.166. The van der Waals surface area contributed by atoms with Crippen LogP contribution >= 0.6 is 51.3 Å². The summed E-state index contributed by atoms with van der Waals surface area (Å²) in [5, 5.41) is 12.5. The van der Waals surface area contributed by atoms with Crippen LogP contribution < -0.4 is 27.0 Å². The van der Waals surface area contributed by atoms with E-state index in [1.54, 1.807) is 12.1 Å². The van der Waals surface area contributed by atoms with Crippen molar-refractivity contribution in [3.8, 4) is 0 Å². The van der Waals surface area contributed by atoms with Crippen LogP contribution in [0.1, 0.15) is 42.3 Å². The molecule has 0 spiro atoms. The lowest BCUT2D eigenvalue weighted by Crippen LogP contribution is -2.34. The number of primary amides is 1. The Hall–Kier alpha value is -2.92. The molecule has 3 aromatic rings. The minimum atomic E-state index is -0.926. The van der Waals surface area contributed by atoms with Crippen molar-refractivity contribution >= 4 is 85.3 Å². The molecular weight excluding hydrogens is 628 g/mol. The second-order valence-electron chi connectivity index (χ2n) is 9.63. The third-order valence-electron chi connectivity index (χ3n) is 5.55. The zero-order chi connectivity index (χ0) is 28.9. The molecule has 3 rings (SSSR count). The van der Waals surface area contributed by atoms with Crippen LogP contribution in [-0.2, 0) is 17.9 Å². The molecule has 6 N–H and O–H groups in total. The van der Waals surface area contributed by atoms with Gasteiger partial charge in [0.25, 0.3) is 5.91 Å². The Bertz CT molecular complexity index is 1410. The van der Waals surface area contributed by atoms with E-state index < -0.39 is 17.1 Å². The van der Waals surface area contributed by atoms with Gasteiger partial charge in [-0.25, -0.2) is 4.39 Å². The van der Waals surface area contributed by atoms with Crippen molar-refractivity contribution in [1.29, 1.82) is 0 Å². The van der Waals surface area contributed by atoms with E-state index in [9.17, 15) is 14.0 Å². The maximum absolute atomic E-state index is 14.6. The third kappa shape index (κ3) is 8.28. The molecule has 0 bridgehead atoms. The maximum atomic E-state index is 14.6. The van der Waals surface area contributed by atoms with Crippen molar-refractivity contribution in [2.45, 2.75) is 33.9 Å². The Morgan fingerprint density at radius 2 is 1.67 bits per heavy atom. The highest BCUT2D eigenvalue weighted by molar-refractivity contribution is 9.10. The van der Waals surface area contributed by atoms with E-state index in [0.29, 0.717) is 34.2 Å². The van der Waals surface area contributed by atoms with Crippen LogP contribution in [0.3, 0.4) is 0 Å². The molecule has 0 aliphatic carbocycles. The first-order valence-corrected chi connectivity index (χ1v) is 13.7. The lowest BCUT2D eigenvalue weighted by molar-refractivity contribution is -0.128. The summed E-state index contributed by atoms with van der Waals surface area (Å²) in [5.74, 6) is -1.84. The number of hydrogen-bond acceptors (Lipinski definition) is 4. The van der Waals surface area contributed by atoms with Crippen LogP contribution in [0.15, 0.2) is 53.0 Å². The predicted octanol–water partition coefficient (Wildman–Crippen LogP) is 7.08. The topological polar surface area (TPSA) is 108 Å². The average Bonchev–Trinajstić information content (AvgIpc) is 2.86. The van der Waals surface area contributed by atoms with Crippen molar-refractivity contribution in [3.63, 3.8) is 0 Å². The molecule has 7 nitrogen and oxygen atoms in total. The minimum absolute atomic E-state index is 0.0726. The normalized spacial score (nSPS) is 11.1. The number of carbonyl (C=O) groups excluding carboxylic acids is 2. The van der Waals surface area contributed by atoms with Gasteiger partial charge in [0.15, 0.2) is 5.11 Å². The lowest BCUT2D eigenvalue weighted by Gasteiger charge is -2.20. The van der Waals surface area contributed by atoms with Crippen molar-refractivity contribution in [2.24, 2.45) is 11.1 Å². The summed E-state index contributed by atoms with van der Waals surface area (Å²) >= 11 is 21.8. The van der Waals surface area contributed by atoms with Gasteiger partial charge in [-0.3, -0.25) is 9.59 Å². The predicted molar refractivity (Wildman–Crippen MR) is 164 cm³/mol. The first-order chi connectivity index (χ1) is 18.3. The molecule has 3 aromatic carbocycles. The summed E-state index contributed by atoms with van der Waals surface area (Å²) in [6.45, 7) is 5.99. The highest BCUT2D eigenvalue weighted by atomic mass is 79.9. The fraction of sp³-hybridized carbons (Fsp3) is 0.222. The monoisotopic (exact) mass is 653 g/mol. The summed E-state index contributed by atoms with van der Waals surface area (Å²) < 4.78 is 15.5. The molecule has 0 heterocycles. The van der Waals surface area contributed by atoms with Gasteiger partial charge in [-0.05, 0) is 53.7 Å². The third-order valence-corrected chi connectivity index (χ3v) is 7.03. The molecule has 2 amide bonds. The molecule has 0 saturated carbocycles. The zero-order valence-corrected chi connectivity index (χ0v) is 25.3. The molecule has 0 aliphatic rings. The highest BCUT2D eigenvalue weighted by Crippen LogP contribution is 2.34. The number of thiocarbonyl (C=S) groups is 1. The van der Waals surface area contributed by atoms with Gasteiger partial charge in [0, 0.05) is 23.0 Å². The number of nitrogens with two attached hydrogens (primary N) is 1. The Morgan fingerprint density at radius 1 is 1.00 bits per heavy atom. The van der Waals surface area contributed by atoms with Crippen molar-refractivity contribution < 1.29 is 14.0 Å². The molecule has 0 aromatic heterocycles. The number of benzene rings is 3. The van der Waals surface area contributed by atoms with Crippen molar-refractivity contribution in [2.75, 3.05) is 16.0 Å². The van der Waals surface area contributed by atoms with Crippen molar-refractivity contribution in [3.05, 3.63) is 85.6 Å². The van der Waals surface area contributed by atoms with Gasteiger partial charge in [0.2, 0.25) is 5.91 Å². The van der Waals surface area contributed by atoms with Gasteiger partial charge >= 0.3 is 0 Å². The fourth-order valence-corrected chi connectivity index (χ4v) is 4.37. The zero-order valence-electron chi connectivity index (χ0n) is 21.3. The van der Waals surface area contributed by atoms with E-state index in [4.69, 9.17) is 41.2 Å². The van der Waals surface area contributed by atoms with Crippen molar-refractivity contribution in [1.82, 2.24) is 5.32 Å². The van der Waals surface area contributed by atoms with E-state index in [1.165, 1.54) is 12.1 Å². The summed E-state index contributed by atoms with van der Waals surface area (Å²) in [6, 6.07) is 13.4. The molecule has 0 atom stereocenters. The van der Waals surface area contributed by atoms with Crippen LogP contribution in [0, 0.1) is 11.2 Å². The molecule has 0 radical (unpaired) electrons. The first-order valence-electron chi connectivity index (χ1n) is 11.7. The molecule has 12 heteroatoms. The number of carbonyl (C=O) groups is 2. The number of hydrogen-bond donors (Lipinski definition) is 5. The van der Waals surface area contributed by atoms with Gasteiger partial charge in [-0.15, -0.1) is 0 Å². The summed E-state index contributed by atoms with van der Waals surface area (Å²) in [7, 11) is 0. The standard InChI is InChI=1S/C27H27BrCl2FN5O2S/c1-27(2,3)25(38)34-13-15-6-9-18(29)23(22(15)30)36-26(39)35-21-10-17(24(32)37)19(31)11-20(21)33-12-14-4-7-16(28)8-5-14/h4-11,33H,12-13H2,1-3H3,(H2,32,37)(H,34,38)(H2,35,36,39). The number of nitrogens with one attached hydrogen (secondary N) is 4. The second kappa shape index (κ2) is 13.0. The summed E-state index contributed by atoms with van der Waals surface area (Å²) in [6.07, 6.45) is 0.